The molecule has 1 N–H and O–H groups in total. The predicted octanol–water partition coefficient (Wildman–Crippen LogP) is 4.41. The molecule has 2 aromatic rings. The maximum absolute atomic E-state index is 12.5. The number of rotatable bonds is 5. The number of likely N-dealkylation sites (tertiary alicyclic amines) is 1. The van der Waals surface area contributed by atoms with Crippen LogP contribution < -0.4 is 10.1 Å². The van der Waals surface area contributed by atoms with Crippen LogP contribution >= 0.6 is 23.2 Å². The van der Waals surface area contributed by atoms with Crippen molar-refractivity contribution >= 4 is 35.0 Å². The van der Waals surface area contributed by atoms with Gasteiger partial charge in [0.05, 0.1) is 10.0 Å². The lowest BCUT2D eigenvalue weighted by Crippen LogP contribution is -2.47. The normalized spacial score (nSPS) is 14.6. The molecule has 0 radical (unpaired) electrons. The van der Waals surface area contributed by atoms with Crippen molar-refractivity contribution in [2.75, 3.05) is 19.7 Å². The summed E-state index contributed by atoms with van der Waals surface area (Å²) in [4.78, 5) is 26.6. The lowest BCUT2D eigenvalue weighted by Gasteiger charge is -2.32. The molecule has 154 valence electrons. The molecule has 0 bridgehead atoms. The summed E-state index contributed by atoms with van der Waals surface area (Å²) in [5.74, 6) is 0.499. The monoisotopic (exact) mass is 434 g/mol. The van der Waals surface area contributed by atoms with Gasteiger partial charge in [-0.2, -0.15) is 0 Å². The quantitative estimate of drug-likeness (QED) is 0.757. The number of piperidine rings is 1. The van der Waals surface area contributed by atoms with Gasteiger partial charge in [0.2, 0.25) is 0 Å². The molecule has 2 amide bonds. The first kappa shape index (κ1) is 21.5. The Hall–Kier alpha value is -2.24. The van der Waals surface area contributed by atoms with E-state index in [0.717, 1.165) is 16.9 Å². The molecule has 0 aromatic heterocycles. The second-order valence-corrected chi connectivity index (χ2v) is 8.13. The molecule has 1 fully saturated rings. The van der Waals surface area contributed by atoms with Gasteiger partial charge in [-0.05, 0) is 56.5 Å². The summed E-state index contributed by atoms with van der Waals surface area (Å²) in [6, 6.07) is 10.7. The summed E-state index contributed by atoms with van der Waals surface area (Å²) < 4.78 is 5.69. The fourth-order valence-electron chi connectivity index (χ4n) is 3.37. The molecule has 0 aliphatic carbocycles. The maximum atomic E-state index is 12.5. The predicted molar refractivity (Wildman–Crippen MR) is 115 cm³/mol. The molecule has 1 aliphatic rings. The minimum atomic E-state index is -0.188. The van der Waals surface area contributed by atoms with Gasteiger partial charge in [-0.15, -0.1) is 0 Å². The molecule has 1 aliphatic heterocycles. The molecule has 7 heteroatoms. The van der Waals surface area contributed by atoms with Gasteiger partial charge in [-0.1, -0.05) is 40.9 Å². The number of nitrogens with zero attached hydrogens (tertiary/aromatic N) is 1. The van der Waals surface area contributed by atoms with Crippen LogP contribution in [0, 0.1) is 13.8 Å². The number of carbonyl (C=O) groups excluding carboxylic acids is 2. The first-order valence-corrected chi connectivity index (χ1v) is 10.3. The third kappa shape index (κ3) is 5.64. The number of ether oxygens (including phenoxy) is 1. The third-order valence-corrected chi connectivity index (χ3v) is 5.79. The zero-order chi connectivity index (χ0) is 21.0. The number of halogens is 2. The second kappa shape index (κ2) is 9.51. The lowest BCUT2D eigenvalue weighted by atomic mass is 10.0. The van der Waals surface area contributed by atoms with Gasteiger partial charge in [0, 0.05) is 24.7 Å². The Morgan fingerprint density at radius 3 is 2.45 bits per heavy atom. The number of nitrogens with one attached hydrogen (secondary N) is 1. The van der Waals surface area contributed by atoms with Crippen molar-refractivity contribution in [3.05, 3.63) is 63.1 Å². The number of aryl methyl sites for hydroxylation is 2. The molecule has 1 heterocycles. The van der Waals surface area contributed by atoms with Gasteiger partial charge in [0.25, 0.3) is 11.8 Å². The second-order valence-electron chi connectivity index (χ2n) is 7.32. The van der Waals surface area contributed by atoms with Gasteiger partial charge in [-0.3, -0.25) is 9.59 Å². The summed E-state index contributed by atoms with van der Waals surface area (Å²) in [5.41, 5.74) is 2.65. The zero-order valence-electron chi connectivity index (χ0n) is 16.5. The van der Waals surface area contributed by atoms with Crippen molar-refractivity contribution in [3.8, 4) is 5.75 Å². The molecular formula is C22H24Cl2N2O3. The van der Waals surface area contributed by atoms with Gasteiger partial charge in [0.15, 0.2) is 6.61 Å². The van der Waals surface area contributed by atoms with E-state index < -0.39 is 0 Å². The number of benzene rings is 2. The van der Waals surface area contributed by atoms with Gasteiger partial charge in [0.1, 0.15) is 5.75 Å². The average Bonchev–Trinajstić information content (AvgIpc) is 2.69. The van der Waals surface area contributed by atoms with Crippen LogP contribution in [0.2, 0.25) is 10.0 Å². The zero-order valence-corrected chi connectivity index (χ0v) is 18.0. The molecule has 0 saturated carbocycles. The Kier molecular flexibility index (Phi) is 7.04. The van der Waals surface area contributed by atoms with E-state index in [9.17, 15) is 9.59 Å². The molecule has 0 unspecified atom stereocenters. The standard InChI is InChI=1S/C22H24Cl2N2O3/c1-14-3-6-20(15(2)11-14)29-13-21(27)26-9-7-17(8-10-26)25-22(28)16-4-5-18(23)19(24)12-16/h3-6,11-12,17H,7-10,13H2,1-2H3,(H,25,28). The molecule has 5 nitrogen and oxygen atoms in total. The summed E-state index contributed by atoms with van der Waals surface area (Å²) in [6.45, 7) is 5.17. The average molecular weight is 435 g/mol. The van der Waals surface area contributed by atoms with Crippen LogP contribution in [0.25, 0.3) is 0 Å². The van der Waals surface area contributed by atoms with Gasteiger partial charge in [-0.25, -0.2) is 0 Å². The molecule has 0 atom stereocenters. The number of amides is 2. The van der Waals surface area contributed by atoms with Crippen LogP contribution in [0.15, 0.2) is 36.4 Å². The Morgan fingerprint density at radius 2 is 1.79 bits per heavy atom. The topological polar surface area (TPSA) is 58.6 Å². The van der Waals surface area contributed by atoms with Crippen molar-refractivity contribution in [3.63, 3.8) is 0 Å². The fourth-order valence-corrected chi connectivity index (χ4v) is 3.67. The molecule has 2 aromatic carbocycles. The largest absolute Gasteiger partial charge is 0.484 e. The van der Waals surface area contributed by atoms with Crippen LogP contribution in [0.3, 0.4) is 0 Å². The number of carbonyl (C=O) groups is 2. The maximum Gasteiger partial charge on any atom is 0.260 e. The minimum Gasteiger partial charge on any atom is -0.484 e. The highest BCUT2D eigenvalue weighted by molar-refractivity contribution is 6.42. The van der Waals surface area contributed by atoms with E-state index >= 15 is 0 Å². The highest BCUT2D eigenvalue weighted by Crippen LogP contribution is 2.23. The third-order valence-electron chi connectivity index (χ3n) is 5.05. The van der Waals surface area contributed by atoms with Crippen LogP contribution in [0.1, 0.15) is 34.3 Å². The first-order valence-electron chi connectivity index (χ1n) is 9.57. The van der Waals surface area contributed by atoms with E-state index in [4.69, 9.17) is 27.9 Å². The number of hydrogen-bond acceptors (Lipinski definition) is 3. The van der Waals surface area contributed by atoms with Crippen LogP contribution in [-0.2, 0) is 4.79 Å². The van der Waals surface area contributed by atoms with E-state index in [0.29, 0.717) is 41.5 Å². The van der Waals surface area contributed by atoms with Crippen LogP contribution in [-0.4, -0.2) is 42.5 Å². The van der Waals surface area contributed by atoms with Crippen molar-refractivity contribution in [1.82, 2.24) is 10.2 Å². The lowest BCUT2D eigenvalue weighted by molar-refractivity contribution is -0.134. The molecule has 29 heavy (non-hydrogen) atoms. The van der Waals surface area contributed by atoms with Crippen molar-refractivity contribution in [1.29, 1.82) is 0 Å². The number of hydrogen-bond donors (Lipinski definition) is 1. The van der Waals surface area contributed by atoms with Crippen LogP contribution in [0.4, 0.5) is 0 Å². The van der Waals surface area contributed by atoms with Crippen molar-refractivity contribution in [2.45, 2.75) is 32.7 Å². The molecule has 3 rings (SSSR count). The van der Waals surface area contributed by atoms with Gasteiger partial charge < -0.3 is 15.0 Å². The summed E-state index contributed by atoms with van der Waals surface area (Å²) in [5, 5.41) is 3.77. The summed E-state index contributed by atoms with van der Waals surface area (Å²) in [7, 11) is 0. The SMILES string of the molecule is Cc1ccc(OCC(=O)N2CCC(NC(=O)c3ccc(Cl)c(Cl)c3)CC2)c(C)c1. The Labute approximate surface area is 180 Å². The Morgan fingerprint density at radius 1 is 1.07 bits per heavy atom. The van der Waals surface area contributed by atoms with E-state index in [1.54, 1.807) is 23.1 Å². The van der Waals surface area contributed by atoms with Crippen LogP contribution in [0.5, 0.6) is 5.75 Å². The fraction of sp³-hybridized carbons (Fsp3) is 0.364. The highest BCUT2D eigenvalue weighted by Gasteiger charge is 2.24. The smallest absolute Gasteiger partial charge is 0.260 e. The Balaban J connectivity index is 1.46. The van der Waals surface area contributed by atoms with Crippen molar-refractivity contribution in [2.24, 2.45) is 0 Å². The minimum absolute atomic E-state index is 0.0151. The van der Waals surface area contributed by atoms with E-state index in [-0.39, 0.29) is 24.5 Å². The molecule has 1 saturated heterocycles. The summed E-state index contributed by atoms with van der Waals surface area (Å²) >= 11 is 11.9. The molecular weight excluding hydrogens is 411 g/mol. The summed E-state index contributed by atoms with van der Waals surface area (Å²) in [6.07, 6.45) is 1.39. The van der Waals surface area contributed by atoms with E-state index in [1.807, 2.05) is 32.0 Å². The van der Waals surface area contributed by atoms with Gasteiger partial charge >= 0.3 is 0 Å². The molecule has 0 spiro atoms. The highest BCUT2D eigenvalue weighted by atomic mass is 35.5. The van der Waals surface area contributed by atoms with E-state index in [2.05, 4.69) is 5.32 Å². The Bertz CT molecular complexity index is 909. The first-order chi connectivity index (χ1) is 13.8. The van der Waals surface area contributed by atoms with E-state index in [1.165, 1.54) is 0 Å². The van der Waals surface area contributed by atoms with Crippen molar-refractivity contribution < 1.29 is 14.3 Å².